The number of carbonyl (C=O) groups excluding carboxylic acids is 2. The van der Waals surface area contributed by atoms with E-state index >= 15 is 0 Å². The largest absolute Gasteiger partial charge is 0.480 e. The first-order valence-corrected chi connectivity index (χ1v) is 8.31. The fraction of sp³-hybridized carbons (Fsp3) is 0.786. The highest BCUT2D eigenvalue weighted by Gasteiger charge is 2.44. The standard InChI is InChI=1S/C14H22N2O4S/c1-14(2,3)13(20)15-6-4-5-9(15)11(17)16-8-21-7-10(16)12(18)19/h9-10H,4-8H2,1-3H3,(H,18,19)/t9?,10-/m0/s1. The molecular weight excluding hydrogens is 292 g/mol. The number of likely N-dealkylation sites (tertiary alicyclic amines) is 1. The second-order valence-electron chi connectivity index (χ2n) is 6.57. The van der Waals surface area contributed by atoms with E-state index in [9.17, 15) is 19.5 Å². The van der Waals surface area contributed by atoms with Crippen LogP contribution in [0.3, 0.4) is 0 Å². The molecule has 0 aromatic carbocycles. The Kier molecular flexibility index (Phi) is 4.51. The SMILES string of the molecule is CC(C)(C)C(=O)N1CCCC1C(=O)N1CSC[C@H]1C(=O)O. The van der Waals surface area contributed by atoms with Gasteiger partial charge in [-0.15, -0.1) is 11.8 Å². The minimum atomic E-state index is -0.972. The molecular formula is C14H22N2O4S. The summed E-state index contributed by atoms with van der Waals surface area (Å²) in [6, 6.07) is -1.27. The van der Waals surface area contributed by atoms with Crippen LogP contribution in [0.5, 0.6) is 0 Å². The summed E-state index contributed by atoms with van der Waals surface area (Å²) in [6.07, 6.45) is 1.41. The van der Waals surface area contributed by atoms with Crippen molar-refractivity contribution in [2.24, 2.45) is 5.41 Å². The van der Waals surface area contributed by atoms with E-state index in [1.165, 1.54) is 16.7 Å². The van der Waals surface area contributed by atoms with Gasteiger partial charge >= 0.3 is 5.97 Å². The molecule has 21 heavy (non-hydrogen) atoms. The van der Waals surface area contributed by atoms with Gasteiger partial charge in [0.2, 0.25) is 11.8 Å². The Labute approximate surface area is 128 Å². The molecule has 0 bridgehead atoms. The highest BCUT2D eigenvalue weighted by atomic mass is 32.2. The maximum absolute atomic E-state index is 12.7. The molecule has 2 aliphatic heterocycles. The van der Waals surface area contributed by atoms with Gasteiger partial charge in [-0.25, -0.2) is 4.79 Å². The van der Waals surface area contributed by atoms with Crippen molar-refractivity contribution >= 4 is 29.5 Å². The third-order valence-electron chi connectivity index (χ3n) is 3.89. The van der Waals surface area contributed by atoms with Crippen molar-refractivity contribution in [2.45, 2.75) is 45.7 Å². The van der Waals surface area contributed by atoms with Crippen molar-refractivity contribution in [3.63, 3.8) is 0 Å². The second-order valence-corrected chi connectivity index (χ2v) is 7.57. The zero-order valence-corrected chi connectivity index (χ0v) is 13.5. The number of carboxylic acids is 1. The molecule has 0 saturated carbocycles. The van der Waals surface area contributed by atoms with E-state index < -0.39 is 23.5 Å². The van der Waals surface area contributed by atoms with E-state index in [4.69, 9.17) is 0 Å². The number of hydrogen-bond acceptors (Lipinski definition) is 4. The van der Waals surface area contributed by atoms with Gasteiger partial charge in [-0.1, -0.05) is 20.8 Å². The molecule has 6 nitrogen and oxygen atoms in total. The third-order valence-corrected chi connectivity index (χ3v) is 4.90. The van der Waals surface area contributed by atoms with Crippen LogP contribution >= 0.6 is 11.8 Å². The summed E-state index contributed by atoms with van der Waals surface area (Å²) in [5, 5.41) is 9.19. The van der Waals surface area contributed by atoms with Crippen LogP contribution in [0.25, 0.3) is 0 Å². The van der Waals surface area contributed by atoms with Gasteiger partial charge in [0.15, 0.2) is 0 Å². The first kappa shape index (κ1) is 16.1. The van der Waals surface area contributed by atoms with Crippen molar-refractivity contribution < 1.29 is 19.5 Å². The van der Waals surface area contributed by atoms with Crippen molar-refractivity contribution in [2.75, 3.05) is 18.2 Å². The molecule has 0 aliphatic carbocycles. The molecule has 2 aliphatic rings. The Morgan fingerprint density at radius 2 is 1.81 bits per heavy atom. The van der Waals surface area contributed by atoms with Crippen LogP contribution in [0.2, 0.25) is 0 Å². The molecule has 2 heterocycles. The first-order valence-electron chi connectivity index (χ1n) is 7.15. The average Bonchev–Trinajstić information content (AvgIpc) is 3.04. The lowest BCUT2D eigenvalue weighted by atomic mass is 9.94. The Balaban J connectivity index is 2.14. The van der Waals surface area contributed by atoms with Gasteiger partial charge in [0.25, 0.3) is 0 Å². The molecule has 0 aromatic heterocycles. The fourth-order valence-electron chi connectivity index (χ4n) is 2.75. The number of hydrogen-bond donors (Lipinski definition) is 1. The number of carbonyl (C=O) groups is 3. The number of amides is 2. The summed E-state index contributed by atoms with van der Waals surface area (Å²) in [5.74, 6) is -0.426. The van der Waals surface area contributed by atoms with Gasteiger partial charge in [0.1, 0.15) is 12.1 Å². The maximum atomic E-state index is 12.7. The zero-order chi connectivity index (χ0) is 15.8. The van der Waals surface area contributed by atoms with Gasteiger partial charge < -0.3 is 14.9 Å². The third kappa shape index (κ3) is 3.17. The van der Waals surface area contributed by atoms with E-state index in [0.29, 0.717) is 24.6 Å². The smallest absolute Gasteiger partial charge is 0.327 e. The number of rotatable bonds is 2. The Bertz CT molecular complexity index is 460. The van der Waals surface area contributed by atoms with E-state index in [1.54, 1.807) is 4.90 Å². The number of nitrogens with zero attached hydrogens (tertiary/aromatic N) is 2. The Hall–Kier alpha value is -1.24. The van der Waals surface area contributed by atoms with Crippen molar-refractivity contribution in [3.8, 4) is 0 Å². The molecule has 1 unspecified atom stereocenters. The number of aliphatic carboxylic acids is 1. The van der Waals surface area contributed by atoms with Gasteiger partial charge in [-0.2, -0.15) is 0 Å². The molecule has 7 heteroatoms. The predicted molar refractivity (Wildman–Crippen MR) is 79.8 cm³/mol. The molecule has 2 atom stereocenters. The van der Waals surface area contributed by atoms with E-state index in [1.807, 2.05) is 20.8 Å². The van der Waals surface area contributed by atoms with E-state index in [2.05, 4.69) is 0 Å². The zero-order valence-electron chi connectivity index (χ0n) is 12.7. The van der Waals surface area contributed by atoms with Crippen molar-refractivity contribution in [1.82, 2.24) is 9.80 Å². The monoisotopic (exact) mass is 314 g/mol. The summed E-state index contributed by atoms with van der Waals surface area (Å²) in [4.78, 5) is 39.4. The Morgan fingerprint density at radius 3 is 2.38 bits per heavy atom. The van der Waals surface area contributed by atoms with Crippen molar-refractivity contribution in [1.29, 1.82) is 0 Å². The molecule has 0 aromatic rings. The molecule has 0 radical (unpaired) electrons. The molecule has 2 amide bonds. The first-order chi connectivity index (χ1) is 9.73. The lowest BCUT2D eigenvalue weighted by Crippen LogP contribution is -2.53. The number of thioether (sulfide) groups is 1. The normalized spacial score (nSPS) is 26.2. The van der Waals surface area contributed by atoms with Crippen LogP contribution in [-0.2, 0) is 14.4 Å². The molecule has 1 N–H and O–H groups in total. The lowest BCUT2D eigenvalue weighted by molar-refractivity contribution is -0.153. The fourth-order valence-corrected chi connectivity index (χ4v) is 3.91. The lowest BCUT2D eigenvalue weighted by Gasteiger charge is -2.33. The predicted octanol–water partition coefficient (Wildman–Crippen LogP) is 1.01. The summed E-state index contributed by atoms with van der Waals surface area (Å²) in [6.45, 7) is 6.08. The van der Waals surface area contributed by atoms with Gasteiger partial charge in [0.05, 0.1) is 5.88 Å². The van der Waals surface area contributed by atoms with Gasteiger partial charge in [-0.05, 0) is 12.8 Å². The van der Waals surface area contributed by atoms with E-state index in [0.717, 1.165) is 6.42 Å². The summed E-state index contributed by atoms with van der Waals surface area (Å²) < 4.78 is 0. The number of carboxylic acid groups (broad SMARTS) is 1. The minimum absolute atomic E-state index is 0.0444. The maximum Gasteiger partial charge on any atom is 0.327 e. The quantitative estimate of drug-likeness (QED) is 0.823. The van der Waals surface area contributed by atoms with E-state index in [-0.39, 0.29) is 11.8 Å². The molecule has 2 rings (SSSR count). The molecule has 118 valence electrons. The van der Waals surface area contributed by atoms with Gasteiger partial charge in [-0.3, -0.25) is 9.59 Å². The highest BCUT2D eigenvalue weighted by Crippen LogP contribution is 2.29. The molecule has 2 saturated heterocycles. The Morgan fingerprint density at radius 1 is 1.14 bits per heavy atom. The van der Waals surface area contributed by atoms with Crippen LogP contribution in [0.1, 0.15) is 33.6 Å². The molecule has 2 fully saturated rings. The van der Waals surface area contributed by atoms with Crippen LogP contribution in [0, 0.1) is 5.41 Å². The minimum Gasteiger partial charge on any atom is -0.480 e. The summed E-state index contributed by atoms with van der Waals surface area (Å²) in [7, 11) is 0. The average molecular weight is 314 g/mol. The van der Waals surface area contributed by atoms with Gasteiger partial charge in [0, 0.05) is 17.7 Å². The van der Waals surface area contributed by atoms with Crippen LogP contribution in [0.15, 0.2) is 0 Å². The van der Waals surface area contributed by atoms with Crippen LogP contribution in [0.4, 0.5) is 0 Å². The summed E-state index contributed by atoms with van der Waals surface area (Å²) in [5.41, 5.74) is -0.533. The van der Waals surface area contributed by atoms with Crippen LogP contribution < -0.4 is 0 Å². The summed E-state index contributed by atoms with van der Waals surface area (Å²) >= 11 is 1.44. The van der Waals surface area contributed by atoms with Crippen molar-refractivity contribution in [3.05, 3.63) is 0 Å². The second kappa shape index (κ2) is 5.87. The van der Waals surface area contributed by atoms with Crippen LogP contribution in [-0.4, -0.2) is 62.9 Å². The topological polar surface area (TPSA) is 77.9 Å². The highest BCUT2D eigenvalue weighted by molar-refractivity contribution is 7.99. The molecule has 0 spiro atoms.